The molecule has 1 aliphatic rings. The van der Waals surface area contributed by atoms with E-state index in [1.807, 2.05) is 0 Å². The SMILES string of the molecule is CCN1CCC(C)NC(CN(C)C)C1. The number of likely N-dealkylation sites (N-methyl/N-ethyl adjacent to an activating group) is 2. The molecule has 0 aliphatic carbocycles. The molecule has 0 bridgehead atoms. The maximum absolute atomic E-state index is 3.69. The monoisotopic (exact) mass is 199 g/mol. The fourth-order valence-electron chi connectivity index (χ4n) is 2.16. The third-order valence-electron chi connectivity index (χ3n) is 2.91. The molecule has 1 fully saturated rings. The van der Waals surface area contributed by atoms with Crippen LogP contribution in [0.3, 0.4) is 0 Å². The second-order valence-corrected chi connectivity index (χ2v) is 4.71. The summed E-state index contributed by atoms with van der Waals surface area (Å²) < 4.78 is 0. The summed E-state index contributed by atoms with van der Waals surface area (Å²) in [6, 6.07) is 1.29. The Labute approximate surface area is 88.5 Å². The van der Waals surface area contributed by atoms with Gasteiger partial charge in [-0.15, -0.1) is 0 Å². The van der Waals surface area contributed by atoms with Crippen molar-refractivity contribution in [2.24, 2.45) is 0 Å². The number of hydrogen-bond donors (Lipinski definition) is 1. The van der Waals surface area contributed by atoms with Gasteiger partial charge in [0, 0.05) is 25.2 Å². The van der Waals surface area contributed by atoms with Crippen molar-refractivity contribution in [2.75, 3.05) is 40.3 Å². The van der Waals surface area contributed by atoms with Crippen molar-refractivity contribution in [3.05, 3.63) is 0 Å². The van der Waals surface area contributed by atoms with Crippen LogP contribution in [0.4, 0.5) is 0 Å². The molecule has 2 unspecified atom stereocenters. The maximum Gasteiger partial charge on any atom is 0.0324 e. The standard InChI is InChI=1S/C11H25N3/c1-5-14-7-6-10(2)12-11(9-14)8-13(3)4/h10-12H,5-9H2,1-4H3. The molecule has 1 heterocycles. The van der Waals surface area contributed by atoms with E-state index in [4.69, 9.17) is 0 Å². The van der Waals surface area contributed by atoms with Crippen molar-refractivity contribution >= 4 is 0 Å². The number of nitrogens with zero attached hydrogens (tertiary/aromatic N) is 2. The molecular weight excluding hydrogens is 174 g/mol. The van der Waals surface area contributed by atoms with Crippen LogP contribution in [0.25, 0.3) is 0 Å². The van der Waals surface area contributed by atoms with Gasteiger partial charge in [0.05, 0.1) is 0 Å². The van der Waals surface area contributed by atoms with Gasteiger partial charge in [-0.1, -0.05) is 6.92 Å². The third kappa shape index (κ3) is 3.95. The minimum Gasteiger partial charge on any atom is -0.309 e. The summed E-state index contributed by atoms with van der Waals surface area (Å²) in [7, 11) is 4.29. The van der Waals surface area contributed by atoms with E-state index in [-0.39, 0.29) is 0 Å². The van der Waals surface area contributed by atoms with E-state index in [1.165, 1.54) is 26.1 Å². The maximum atomic E-state index is 3.69. The molecule has 1 N–H and O–H groups in total. The molecule has 2 atom stereocenters. The van der Waals surface area contributed by atoms with E-state index in [0.717, 1.165) is 6.54 Å². The largest absolute Gasteiger partial charge is 0.309 e. The van der Waals surface area contributed by atoms with Crippen LogP contribution < -0.4 is 5.32 Å². The lowest BCUT2D eigenvalue weighted by molar-refractivity contribution is 0.251. The van der Waals surface area contributed by atoms with E-state index < -0.39 is 0 Å². The summed E-state index contributed by atoms with van der Waals surface area (Å²) in [5, 5.41) is 3.69. The van der Waals surface area contributed by atoms with Gasteiger partial charge in [-0.05, 0) is 40.5 Å². The average molecular weight is 199 g/mol. The second kappa shape index (κ2) is 5.69. The van der Waals surface area contributed by atoms with Crippen molar-refractivity contribution in [3.8, 4) is 0 Å². The molecule has 0 aromatic heterocycles. The van der Waals surface area contributed by atoms with E-state index in [2.05, 4.69) is 43.1 Å². The van der Waals surface area contributed by atoms with Crippen LogP contribution in [0, 0.1) is 0 Å². The molecule has 1 rings (SSSR count). The lowest BCUT2D eigenvalue weighted by Crippen LogP contribution is -2.46. The van der Waals surface area contributed by atoms with Crippen LogP contribution >= 0.6 is 0 Å². The first-order valence-corrected chi connectivity index (χ1v) is 5.75. The molecule has 0 spiro atoms. The van der Waals surface area contributed by atoms with E-state index in [9.17, 15) is 0 Å². The van der Waals surface area contributed by atoms with E-state index in [1.54, 1.807) is 0 Å². The molecule has 0 aromatic carbocycles. The third-order valence-corrected chi connectivity index (χ3v) is 2.91. The molecule has 1 saturated heterocycles. The first-order chi connectivity index (χ1) is 6.61. The van der Waals surface area contributed by atoms with E-state index in [0.29, 0.717) is 12.1 Å². The van der Waals surface area contributed by atoms with Gasteiger partial charge in [0.1, 0.15) is 0 Å². The Bertz CT molecular complexity index is 159. The normalized spacial score (nSPS) is 30.6. The second-order valence-electron chi connectivity index (χ2n) is 4.71. The van der Waals surface area contributed by atoms with Gasteiger partial charge in [0.15, 0.2) is 0 Å². The molecule has 14 heavy (non-hydrogen) atoms. The Balaban J connectivity index is 2.46. The Hall–Kier alpha value is -0.120. The topological polar surface area (TPSA) is 18.5 Å². The van der Waals surface area contributed by atoms with Gasteiger partial charge < -0.3 is 15.1 Å². The highest BCUT2D eigenvalue weighted by atomic mass is 15.2. The van der Waals surface area contributed by atoms with Gasteiger partial charge in [-0.25, -0.2) is 0 Å². The highest BCUT2D eigenvalue weighted by Crippen LogP contribution is 2.05. The molecule has 3 nitrogen and oxygen atoms in total. The Morgan fingerprint density at radius 3 is 2.71 bits per heavy atom. The summed E-state index contributed by atoms with van der Waals surface area (Å²) in [4.78, 5) is 4.81. The highest BCUT2D eigenvalue weighted by Gasteiger charge is 2.20. The lowest BCUT2D eigenvalue weighted by Gasteiger charge is -2.26. The zero-order valence-electron chi connectivity index (χ0n) is 10.1. The molecule has 0 aromatic rings. The Morgan fingerprint density at radius 1 is 1.43 bits per heavy atom. The van der Waals surface area contributed by atoms with Crippen LogP contribution in [0.1, 0.15) is 20.3 Å². The zero-order valence-corrected chi connectivity index (χ0v) is 10.1. The van der Waals surface area contributed by atoms with Gasteiger partial charge in [-0.3, -0.25) is 0 Å². The predicted octanol–water partition coefficient (Wildman–Crippen LogP) is 0.620. The van der Waals surface area contributed by atoms with Crippen molar-refractivity contribution in [2.45, 2.75) is 32.4 Å². The van der Waals surface area contributed by atoms with Crippen LogP contribution in [0.15, 0.2) is 0 Å². The first kappa shape index (κ1) is 12.0. The minimum absolute atomic E-state index is 0.627. The smallest absolute Gasteiger partial charge is 0.0324 e. The molecular formula is C11H25N3. The molecule has 0 amide bonds. The number of nitrogens with one attached hydrogen (secondary N) is 1. The van der Waals surface area contributed by atoms with Crippen LogP contribution in [-0.4, -0.2) is 62.2 Å². The van der Waals surface area contributed by atoms with E-state index >= 15 is 0 Å². The minimum atomic E-state index is 0.627. The van der Waals surface area contributed by atoms with Gasteiger partial charge in [-0.2, -0.15) is 0 Å². The molecule has 84 valence electrons. The molecule has 3 heteroatoms. The van der Waals surface area contributed by atoms with Crippen molar-refractivity contribution in [1.29, 1.82) is 0 Å². The number of hydrogen-bond acceptors (Lipinski definition) is 3. The van der Waals surface area contributed by atoms with Crippen molar-refractivity contribution in [3.63, 3.8) is 0 Å². The summed E-state index contributed by atoms with van der Waals surface area (Å²) in [5.41, 5.74) is 0. The summed E-state index contributed by atoms with van der Waals surface area (Å²) in [6.07, 6.45) is 1.28. The summed E-state index contributed by atoms with van der Waals surface area (Å²) in [5.74, 6) is 0. The summed E-state index contributed by atoms with van der Waals surface area (Å²) >= 11 is 0. The Kier molecular flexibility index (Phi) is 4.85. The highest BCUT2D eigenvalue weighted by molar-refractivity contribution is 4.81. The molecule has 1 aliphatic heterocycles. The van der Waals surface area contributed by atoms with Crippen molar-refractivity contribution in [1.82, 2.24) is 15.1 Å². The zero-order chi connectivity index (χ0) is 10.6. The van der Waals surface area contributed by atoms with Gasteiger partial charge in [0.25, 0.3) is 0 Å². The van der Waals surface area contributed by atoms with Crippen LogP contribution in [0.2, 0.25) is 0 Å². The molecule has 0 saturated carbocycles. The fourth-order valence-corrected chi connectivity index (χ4v) is 2.16. The lowest BCUT2D eigenvalue weighted by atomic mass is 10.2. The summed E-state index contributed by atoms with van der Waals surface area (Å²) in [6.45, 7) is 9.30. The fraction of sp³-hybridized carbons (Fsp3) is 1.00. The molecule has 0 radical (unpaired) electrons. The first-order valence-electron chi connectivity index (χ1n) is 5.75. The van der Waals surface area contributed by atoms with Gasteiger partial charge in [0.2, 0.25) is 0 Å². The quantitative estimate of drug-likeness (QED) is 0.719. The van der Waals surface area contributed by atoms with Crippen LogP contribution in [0.5, 0.6) is 0 Å². The average Bonchev–Trinajstić information content (AvgIpc) is 2.26. The van der Waals surface area contributed by atoms with Gasteiger partial charge >= 0.3 is 0 Å². The predicted molar refractivity (Wildman–Crippen MR) is 61.7 cm³/mol. The number of rotatable bonds is 3. The van der Waals surface area contributed by atoms with Crippen molar-refractivity contribution < 1.29 is 0 Å². The van der Waals surface area contributed by atoms with Crippen LogP contribution in [-0.2, 0) is 0 Å². The Morgan fingerprint density at radius 2 is 2.14 bits per heavy atom.